The number of unbranched alkanes of at least 4 members (excludes halogenated alkanes) is 1. The molecule has 0 spiro atoms. The van der Waals surface area contributed by atoms with Crippen molar-refractivity contribution in [3.8, 4) is 0 Å². The van der Waals surface area contributed by atoms with E-state index in [1.807, 2.05) is 13.8 Å². The number of carbonyl (C=O) groups is 1. The molecule has 0 aliphatic carbocycles. The highest BCUT2D eigenvalue weighted by atomic mass is 16.5. The summed E-state index contributed by atoms with van der Waals surface area (Å²) < 4.78 is 4.91. The Morgan fingerprint density at radius 2 is 2.15 bits per heavy atom. The van der Waals surface area contributed by atoms with Crippen LogP contribution in [0.15, 0.2) is 11.8 Å². The van der Waals surface area contributed by atoms with Crippen molar-refractivity contribution in [1.82, 2.24) is 0 Å². The summed E-state index contributed by atoms with van der Waals surface area (Å²) in [6.45, 7) is 5.71. The van der Waals surface area contributed by atoms with Crippen molar-refractivity contribution in [2.45, 2.75) is 46.1 Å². The monoisotopic (exact) mass is 185 g/mol. The molecule has 0 aromatic rings. The number of hydrogen-bond donors (Lipinski definition) is 1. The fraction of sp³-hybridized carbons (Fsp3) is 0.700. The molecule has 0 aromatic carbocycles. The van der Waals surface area contributed by atoms with Gasteiger partial charge >= 0.3 is 5.97 Å². The van der Waals surface area contributed by atoms with Gasteiger partial charge in [-0.15, -0.1) is 0 Å². The lowest BCUT2D eigenvalue weighted by Gasteiger charge is -2.05. The minimum atomic E-state index is -0.344. The zero-order chi connectivity index (χ0) is 10.3. The highest BCUT2D eigenvalue weighted by Gasteiger charge is 2.02. The first-order valence-electron chi connectivity index (χ1n) is 4.73. The summed E-state index contributed by atoms with van der Waals surface area (Å²) in [6, 6.07) is 0. The molecule has 3 heteroatoms. The van der Waals surface area contributed by atoms with Gasteiger partial charge in [0.1, 0.15) is 0 Å². The first-order chi connectivity index (χ1) is 6.06. The highest BCUT2D eigenvalue weighted by molar-refractivity contribution is 5.82. The predicted molar refractivity (Wildman–Crippen MR) is 53.0 cm³/mol. The number of hydrogen-bond acceptors (Lipinski definition) is 3. The molecule has 0 heterocycles. The second-order valence-electron chi connectivity index (χ2n) is 3.31. The van der Waals surface area contributed by atoms with Gasteiger partial charge in [0.2, 0.25) is 0 Å². The average molecular weight is 185 g/mol. The molecule has 0 amide bonds. The van der Waals surface area contributed by atoms with Crippen molar-refractivity contribution in [2.24, 2.45) is 5.73 Å². The zero-order valence-corrected chi connectivity index (χ0v) is 8.67. The SMILES string of the molecule is CCCCC(N)=CC(=O)OC(C)C. The molecule has 0 saturated carbocycles. The maximum absolute atomic E-state index is 11.0. The second kappa shape index (κ2) is 6.52. The van der Waals surface area contributed by atoms with Crippen LogP contribution in [0.4, 0.5) is 0 Å². The quantitative estimate of drug-likeness (QED) is 0.526. The van der Waals surface area contributed by atoms with Crippen LogP contribution in [0.2, 0.25) is 0 Å². The van der Waals surface area contributed by atoms with E-state index in [4.69, 9.17) is 10.5 Å². The van der Waals surface area contributed by atoms with Crippen LogP contribution >= 0.6 is 0 Å². The van der Waals surface area contributed by atoms with E-state index in [1.165, 1.54) is 6.08 Å². The maximum Gasteiger partial charge on any atom is 0.332 e. The Kier molecular flexibility index (Phi) is 6.02. The van der Waals surface area contributed by atoms with Crippen LogP contribution in [0.3, 0.4) is 0 Å². The van der Waals surface area contributed by atoms with Crippen LogP contribution in [0.5, 0.6) is 0 Å². The molecule has 0 saturated heterocycles. The second-order valence-corrected chi connectivity index (χ2v) is 3.31. The number of nitrogens with two attached hydrogens (primary N) is 1. The minimum Gasteiger partial charge on any atom is -0.460 e. The molecular formula is C10H19NO2. The normalized spacial score (nSPS) is 11.8. The molecule has 76 valence electrons. The summed E-state index contributed by atoms with van der Waals surface area (Å²) in [5.74, 6) is -0.344. The summed E-state index contributed by atoms with van der Waals surface area (Å²) in [5, 5.41) is 0. The molecule has 13 heavy (non-hydrogen) atoms. The van der Waals surface area contributed by atoms with Gasteiger partial charge in [-0.25, -0.2) is 4.79 Å². The van der Waals surface area contributed by atoms with Gasteiger partial charge in [-0.3, -0.25) is 0 Å². The lowest BCUT2D eigenvalue weighted by molar-refractivity contribution is -0.141. The van der Waals surface area contributed by atoms with Crippen molar-refractivity contribution in [3.05, 3.63) is 11.8 Å². The number of esters is 1. The summed E-state index contributed by atoms with van der Waals surface area (Å²) in [5.41, 5.74) is 6.20. The first kappa shape index (κ1) is 12.0. The van der Waals surface area contributed by atoms with E-state index >= 15 is 0 Å². The van der Waals surface area contributed by atoms with Gasteiger partial charge in [0, 0.05) is 11.8 Å². The Morgan fingerprint density at radius 1 is 1.54 bits per heavy atom. The smallest absolute Gasteiger partial charge is 0.332 e. The summed E-state index contributed by atoms with van der Waals surface area (Å²) in [6.07, 6.45) is 4.15. The molecule has 0 atom stereocenters. The number of ether oxygens (including phenoxy) is 1. The van der Waals surface area contributed by atoms with Crippen LogP contribution in [-0.4, -0.2) is 12.1 Å². The Balaban J connectivity index is 3.84. The molecule has 0 rings (SSSR count). The van der Waals surface area contributed by atoms with Gasteiger partial charge in [-0.1, -0.05) is 13.3 Å². The Bertz CT molecular complexity index is 185. The van der Waals surface area contributed by atoms with Gasteiger partial charge in [0.15, 0.2) is 0 Å². The third kappa shape index (κ3) is 7.37. The predicted octanol–water partition coefficient (Wildman–Crippen LogP) is 1.97. The molecule has 0 aliphatic heterocycles. The van der Waals surface area contributed by atoms with Gasteiger partial charge in [0.25, 0.3) is 0 Å². The van der Waals surface area contributed by atoms with Crippen LogP contribution in [-0.2, 0) is 9.53 Å². The number of allylic oxidation sites excluding steroid dienone is 1. The maximum atomic E-state index is 11.0. The molecule has 0 fully saturated rings. The third-order valence-corrected chi connectivity index (χ3v) is 1.47. The molecule has 0 aromatic heterocycles. The van der Waals surface area contributed by atoms with Crippen molar-refractivity contribution < 1.29 is 9.53 Å². The van der Waals surface area contributed by atoms with E-state index in [9.17, 15) is 4.79 Å². The lowest BCUT2D eigenvalue weighted by Crippen LogP contribution is -2.11. The molecule has 0 aliphatic rings. The van der Waals surface area contributed by atoms with Crippen LogP contribution in [0.1, 0.15) is 40.0 Å². The van der Waals surface area contributed by atoms with Crippen LogP contribution in [0, 0.1) is 0 Å². The van der Waals surface area contributed by atoms with Gasteiger partial charge in [-0.05, 0) is 26.7 Å². The highest BCUT2D eigenvalue weighted by Crippen LogP contribution is 2.02. The van der Waals surface area contributed by atoms with E-state index in [2.05, 4.69) is 6.92 Å². The zero-order valence-electron chi connectivity index (χ0n) is 8.67. The Hall–Kier alpha value is -0.990. The number of carbonyl (C=O) groups excluding carboxylic acids is 1. The van der Waals surface area contributed by atoms with Crippen LogP contribution < -0.4 is 5.73 Å². The minimum absolute atomic E-state index is 0.0808. The van der Waals surface area contributed by atoms with Crippen molar-refractivity contribution in [3.63, 3.8) is 0 Å². The third-order valence-electron chi connectivity index (χ3n) is 1.47. The molecule has 0 unspecified atom stereocenters. The Morgan fingerprint density at radius 3 is 2.62 bits per heavy atom. The van der Waals surface area contributed by atoms with E-state index in [1.54, 1.807) is 0 Å². The van der Waals surface area contributed by atoms with E-state index < -0.39 is 0 Å². The van der Waals surface area contributed by atoms with Gasteiger partial charge in [0.05, 0.1) is 6.10 Å². The van der Waals surface area contributed by atoms with Crippen molar-refractivity contribution in [1.29, 1.82) is 0 Å². The van der Waals surface area contributed by atoms with E-state index in [0.717, 1.165) is 19.3 Å². The topological polar surface area (TPSA) is 52.3 Å². The summed E-state index contributed by atoms with van der Waals surface area (Å²) in [4.78, 5) is 11.0. The largest absolute Gasteiger partial charge is 0.460 e. The van der Waals surface area contributed by atoms with Crippen LogP contribution in [0.25, 0.3) is 0 Å². The standard InChI is InChI=1S/C10H19NO2/c1-4-5-6-9(11)7-10(12)13-8(2)3/h7-8H,4-6,11H2,1-3H3. The summed E-state index contributed by atoms with van der Waals surface area (Å²) in [7, 11) is 0. The molecule has 3 nitrogen and oxygen atoms in total. The molecule has 0 radical (unpaired) electrons. The molecule has 2 N–H and O–H groups in total. The first-order valence-corrected chi connectivity index (χ1v) is 4.73. The average Bonchev–Trinajstić information content (AvgIpc) is 1.98. The fourth-order valence-electron chi connectivity index (χ4n) is 0.871. The van der Waals surface area contributed by atoms with Crippen molar-refractivity contribution >= 4 is 5.97 Å². The van der Waals surface area contributed by atoms with Crippen molar-refractivity contribution in [2.75, 3.05) is 0 Å². The van der Waals surface area contributed by atoms with E-state index in [-0.39, 0.29) is 12.1 Å². The number of rotatable bonds is 5. The summed E-state index contributed by atoms with van der Waals surface area (Å²) >= 11 is 0. The fourth-order valence-corrected chi connectivity index (χ4v) is 0.871. The van der Waals surface area contributed by atoms with Gasteiger partial charge in [-0.2, -0.15) is 0 Å². The van der Waals surface area contributed by atoms with Gasteiger partial charge < -0.3 is 10.5 Å². The van der Waals surface area contributed by atoms with E-state index in [0.29, 0.717) is 5.70 Å². The molecular weight excluding hydrogens is 166 g/mol. The molecule has 0 bridgehead atoms. The Labute approximate surface area is 79.9 Å². The lowest BCUT2D eigenvalue weighted by atomic mass is 10.2.